The van der Waals surface area contributed by atoms with E-state index in [4.69, 9.17) is 0 Å². The van der Waals surface area contributed by atoms with Crippen molar-refractivity contribution >= 4 is 0 Å². The normalized spacial score (nSPS) is 50.7. The Hall–Kier alpha value is -0.0400. The zero-order chi connectivity index (χ0) is 5.90. The third-order valence-corrected chi connectivity index (χ3v) is 3.49. The molecular formula is C8H13N. The Labute approximate surface area is 55.8 Å². The van der Waals surface area contributed by atoms with Crippen LogP contribution >= 0.6 is 0 Å². The largest absolute Gasteiger partial charge is 0.314 e. The van der Waals surface area contributed by atoms with Crippen molar-refractivity contribution in [1.82, 2.24) is 5.32 Å². The van der Waals surface area contributed by atoms with Gasteiger partial charge in [0.15, 0.2) is 0 Å². The quantitative estimate of drug-likeness (QED) is 0.551. The van der Waals surface area contributed by atoms with Gasteiger partial charge < -0.3 is 5.32 Å². The first-order valence-electron chi connectivity index (χ1n) is 4.14. The van der Waals surface area contributed by atoms with E-state index in [0.29, 0.717) is 0 Å². The summed E-state index contributed by atoms with van der Waals surface area (Å²) in [6.07, 6.45) is 6.13. The lowest BCUT2D eigenvalue weighted by Crippen LogP contribution is -2.44. The maximum atomic E-state index is 3.50. The molecule has 50 valence electrons. The van der Waals surface area contributed by atoms with Crippen LogP contribution in [0.4, 0.5) is 0 Å². The van der Waals surface area contributed by atoms with E-state index in [-0.39, 0.29) is 0 Å². The molecule has 2 atom stereocenters. The molecule has 0 bridgehead atoms. The lowest BCUT2D eigenvalue weighted by atomic mass is 10.0. The van der Waals surface area contributed by atoms with E-state index in [9.17, 15) is 0 Å². The Balaban J connectivity index is 1.69. The van der Waals surface area contributed by atoms with Crippen LogP contribution in [0.2, 0.25) is 0 Å². The lowest BCUT2D eigenvalue weighted by Gasteiger charge is -2.28. The first kappa shape index (κ1) is 4.73. The molecule has 0 aromatic heterocycles. The highest BCUT2D eigenvalue weighted by molar-refractivity contribution is 5.17. The van der Waals surface area contributed by atoms with Crippen LogP contribution < -0.4 is 5.32 Å². The molecule has 2 aliphatic carbocycles. The monoisotopic (exact) mass is 123 g/mol. The molecule has 0 aromatic rings. The molecule has 2 unspecified atom stereocenters. The molecule has 1 saturated heterocycles. The molecule has 1 spiro atoms. The Bertz CT molecular complexity index is 145. The molecule has 1 nitrogen and oxygen atoms in total. The molecule has 0 amide bonds. The summed E-state index contributed by atoms with van der Waals surface area (Å²) in [6, 6.07) is 0.951. The van der Waals surface area contributed by atoms with Crippen molar-refractivity contribution < 1.29 is 0 Å². The molecule has 1 N–H and O–H groups in total. The fourth-order valence-corrected chi connectivity index (χ4v) is 2.34. The summed E-state index contributed by atoms with van der Waals surface area (Å²) in [5, 5.41) is 3.50. The molecule has 1 aliphatic heterocycles. The summed E-state index contributed by atoms with van der Waals surface area (Å²) in [7, 11) is 0. The van der Waals surface area contributed by atoms with Crippen molar-refractivity contribution in [2.75, 3.05) is 6.54 Å². The number of nitrogens with one attached hydrogen (secondary N) is 1. The highest BCUT2D eigenvalue weighted by Crippen LogP contribution is 2.72. The Kier molecular flexibility index (Phi) is 0.628. The molecule has 3 rings (SSSR count). The molecule has 1 heterocycles. The third kappa shape index (κ3) is 0.493. The van der Waals surface area contributed by atoms with Gasteiger partial charge in [-0.15, -0.1) is 0 Å². The summed E-state index contributed by atoms with van der Waals surface area (Å²) < 4.78 is 0. The van der Waals surface area contributed by atoms with Crippen molar-refractivity contribution in [3.05, 3.63) is 0 Å². The SMILES string of the molecule is C1CC(C2CC23CC3)N1. The Morgan fingerprint density at radius 1 is 1.33 bits per heavy atom. The van der Waals surface area contributed by atoms with E-state index < -0.39 is 0 Å². The van der Waals surface area contributed by atoms with Crippen LogP contribution in [0, 0.1) is 11.3 Å². The molecule has 3 fully saturated rings. The average Bonchev–Trinajstić information content (AvgIpc) is 2.49. The summed E-state index contributed by atoms with van der Waals surface area (Å²) in [6.45, 7) is 1.29. The van der Waals surface area contributed by atoms with Crippen molar-refractivity contribution in [3.8, 4) is 0 Å². The summed E-state index contributed by atoms with van der Waals surface area (Å²) >= 11 is 0. The Morgan fingerprint density at radius 2 is 2.11 bits per heavy atom. The van der Waals surface area contributed by atoms with Crippen molar-refractivity contribution in [3.63, 3.8) is 0 Å². The van der Waals surface area contributed by atoms with Gasteiger partial charge in [-0.3, -0.25) is 0 Å². The molecule has 3 aliphatic rings. The average molecular weight is 123 g/mol. The smallest absolute Gasteiger partial charge is 0.0113 e. The second-order valence-corrected chi connectivity index (χ2v) is 4.02. The van der Waals surface area contributed by atoms with E-state index in [1.807, 2.05) is 0 Å². The fourth-order valence-electron chi connectivity index (χ4n) is 2.34. The first-order valence-corrected chi connectivity index (χ1v) is 4.14. The molecule has 2 saturated carbocycles. The molecule has 0 radical (unpaired) electrons. The van der Waals surface area contributed by atoms with Gasteiger partial charge in [0.25, 0.3) is 0 Å². The van der Waals surface area contributed by atoms with Crippen molar-refractivity contribution in [1.29, 1.82) is 0 Å². The fraction of sp³-hybridized carbons (Fsp3) is 1.00. The van der Waals surface area contributed by atoms with Gasteiger partial charge in [0.05, 0.1) is 0 Å². The highest BCUT2D eigenvalue weighted by Gasteiger charge is 2.65. The van der Waals surface area contributed by atoms with Gasteiger partial charge in [-0.1, -0.05) is 0 Å². The zero-order valence-corrected chi connectivity index (χ0v) is 5.69. The van der Waals surface area contributed by atoms with Gasteiger partial charge in [-0.25, -0.2) is 0 Å². The maximum absolute atomic E-state index is 3.50. The van der Waals surface area contributed by atoms with Gasteiger partial charge >= 0.3 is 0 Å². The lowest BCUT2D eigenvalue weighted by molar-refractivity contribution is 0.318. The van der Waals surface area contributed by atoms with Crippen LogP contribution in [0.3, 0.4) is 0 Å². The molecule has 0 aromatic carbocycles. The van der Waals surface area contributed by atoms with E-state index in [1.165, 1.54) is 13.0 Å². The molecule has 1 heteroatoms. The van der Waals surface area contributed by atoms with E-state index in [0.717, 1.165) is 17.4 Å². The van der Waals surface area contributed by atoms with Crippen LogP contribution in [0.5, 0.6) is 0 Å². The van der Waals surface area contributed by atoms with Gasteiger partial charge in [0.1, 0.15) is 0 Å². The highest BCUT2D eigenvalue weighted by atomic mass is 15.0. The summed E-state index contributed by atoms with van der Waals surface area (Å²) in [5.74, 6) is 1.12. The second kappa shape index (κ2) is 1.20. The number of hydrogen-bond donors (Lipinski definition) is 1. The van der Waals surface area contributed by atoms with Crippen LogP contribution in [0.25, 0.3) is 0 Å². The predicted molar refractivity (Wildman–Crippen MR) is 36.2 cm³/mol. The number of rotatable bonds is 1. The minimum absolute atomic E-state index is 0.929. The van der Waals surface area contributed by atoms with Crippen LogP contribution in [0.1, 0.15) is 25.7 Å². The summed E-state index contributed by atoms with van der Waals surface area (Å²) in [5.41, 5.74) is 0.929. The van der Waals surface area contributed by atoms with Gasteiger partial charge in [-0.2, -0.15) is 0 Å². The second-order valence-electron chi connectivity index (χ2n) is 4.02. The van der Waals surface area contributed by atoms with Gasteiger partial charge in [0, 0.05) is 6.04 Å². The van der Waals surface area contributed by atoms with E-state index in [2.05, 4.69) is 5.32 Å². The van der Waals surface area contributed by atoms with Gasteiger partial charge in [0.2, 0.25) is 0 Å². The van der Waals surface area contributed by atoms with Crippen LogP contribution in [-0.2, 0) is 0 Å². The first-order chi connectivity index (χ1) is 4.41. The van der Waals surface area contributed by atoms with Crippen LogP contribution in [0.15, 0.2) is 0 Å². The molecule has 9 heavy (non-hydrogen) atoms. The zero-order valence-electron chi connectivity index (χ0n) is 5.69. The van der Waals surface area contributed by atoms with Gasteiger partial charge in [-0.05, 0) is 43.6 Å². The maximum Gasteiger partial charge on any atom is 0.0113 e. The van der Waals surface area contributed by atoms with E-state index in [1.54, 1.807) is 19.3 Å². The minimum atomic E-state index is 0.929. The van der Waals surface area contributed by atoms with E-state index >= 15 is 0 Å². The van der Waals surface area contributed by atoms with Crippen LogP contribution in [-0.4, -0.2) is 12.6 Å². The van der Waals surface area contributed by atoms with Crippen molar-refractivity contribution in [2.45, 2.75) is 31.7 Å². The molecular weight excluding hydrogens is 110 g/mol. The topological polar surface area (TPSA) is 12.0 Å². The predicted octanol–water partition coefficient (Wildman–Crippen LogP) is 1.15. The Morgan fingerprint density at radius 3 is 2.44 bits per heavy atom. The minimum Gasteiger partial charge on any atom is -0.314 e. The summed E-state index contributed by atoms with van der Waals surface area (Å²) in [4.78, 5) is 0. The number of hydrogen-bond acceptors (Lipinski definition) is 1. The standard InChI is InChI=1S/C8H13N/c1-4-9-7(1)6-5-8(6)2-3-8/h6-7,9H,1-5H2. The van der Waals surface area contributed by atoms with Crippen molar-refractivity contribution in [2.24, 2.45) is 11.3 Å². The third-order valence-electron chi connectivity index (χ3n) is 3.49.